The van der Waals surface area contributed by atoms with Crippen LogP contribution in [-0.4, -0.2) is 51.8 Å². The normalized spacial score (nSPS) is 26.8. The van der Waals surface area contributed by atoms with E-state index < -0.39 is 6.09 Å². The SMILES string of the molecule is C[C@H]1CN(Cc2ccc(N)cc2)CC[N+]1(C(=O)O)C(C)(C)C. The minimum Gasteiger partial charge on any atom is -0.435 e. The fourth-order valence-electron chi connectivity index (χ4n) is 3.72. The quantitative estimate of drug-likeness (QED) is 0.651. The van der Waals surface area contributed by atoms with Gasteiger partial charge in [0.2, 0.25) is 0 Å². The van der Waals surface area contributed by atoms with Crippen LogP contribution in [0.5, 0.6) is 0 Å². The minimum atomic E-state index is -0.716. The molecule has 22 heavy (non-hydrogen) atoms. The van der Waals surface area contributed by atoms with Gasteiger partial charge in [-0.05, 0) is 45.4 Å². The summed E-state index contributed by atoms with van der Waals surface area (Å²) in [5.74, 6) is 0. The smallest absolute Gasteiger partial charge is 0.435 e. The molecule has 1 aromatic carbocycles. The van der Waals surface area contributed by atoms with Crippen LogP contribution in [0.15, 0.2) is 24.3 Å². The molecule has 1 aromatic rings. The van der Waals surface area contributed by atoms with E-state index in [4.69, 9.17) is 5.73 Å². The number of anilines is 1. The Morgan fingerprint density at radius 3 is 2.41 bits per heavy atom. The Morgan fingerprint density at radius 2 is 1.95 bits per heavy atom. The summed E-state index contributed by atoms with van der Waals surface area (Å²) in [4.78, 5) is 14.3. The Hall–Kier alpha value is -1.59. The Kier molecular flexibility index (Phi) is 4.49. The number of piperazine rings is 1. The van der Waals surface area contributed by atoms with Gasteiger partial charge in [-0.2, -0.15) is 4.79 Å². The van der Waals surface area contributed by atoms with Crippen LogP contribution in [-0.2, 0) is 6.54 Å². The third-order valence-electron chi connectivity index (χ3n) is 4.97. The summed E-state index contributed by atoms with van der Waals surface area (Å²) in [6.07, 6.45) is -0.716. The fraction of sp³-hybridized carbons (Fsp3) is 0.588. The van der Waals surface area contributed by atoms with Crippen molar-refractivity contribution < 1.29 is 14.4 Å². The van der Waals surface area contributed by atoms with Crippen molar-refractivity contribution in [1.29, 1.82) is 0 Å². The number of benzene rings is 1. The molecular formula is C17H28N3O2+. The molecule has 0 bridgehead atoms. The zero-order valence-corrected chi connectivity index (χ0v) is 14.0. The minimum absolute atomic E-state index is 0.0556. The summed E-state index contributed by atoms with van der Waals surface area (Å²) < 4.78 is 0.130. The highest BCUT2D eigenvalue weighted by Crippen LogP contribution is 2.32. The number of amides is 1. The second kappa shape index (κ2) is 5.89. The van der Waals surface area contributed by atoms with E-state index in [0.717, 1.165) is 25.3 Å². The van der Waals surface area contributed by atoms with E-state index >= 15 is 0 Å². The number of nitrogens with zero attached hydrogens (tertiary/aromatic N) is 2. The lowest BCUT2D eigenvalue weighted by molar-refractivity contribution is -0.929. The molecule has 0 aromatic heterocycles. The second-order valence-corrected chi connectivity index (χ2v) is 7.37. The first-order valence-electron chi connectivity index (χ1n) is 7.85. The summed E-state index contributed by atoms with van der Waals surface area (Å²) in [5, 5.41) is 9.84. The second-order valence-electron chi connectivity index (χ2n) is 7.37. The van der Waals surface area contributed by atoms with Crippen molar-refractivity contribution >= 4 is 11.8 Å². The van der Waals surface area contributed by atoms with E-state index in [1.54, 1.807) is 0 Å². The zero-order chi connectivity index (χ0) is 16.5. The molecule has 1 aliphatic rings. The Balaban J connectivity index is 2.12. The maximum atomic E-state index is 12.0. The van der Waals surface area contributed by atoms with Crippen LogP contribution >= 0.6 is 0 Å². The molecule has 1 saturated heterocycles. The molecule has 1 heterocycles. The van der Waals surface area contributed by atoms with Crippen LogP contribution in [0.25, 0.3) is 0 Å². The maximum Gasteiger partial charge on any atom is 0.514 e. The van der Waals surface area contributed by atoms with Gasteiger partial charge in [0, 0.05) is 18.8 Å². The van der Waals surface area contributed by atoms with E-state index in [2.05, 4.69) is 11.8 Å². The number of carboxylic acid groups (broad SMARTS) is 1. The lowest BCUT2D eigenvalue weighted by atomic mass is 9.95. The molecule has 2 rings (SSSR count). The lowest BCUT2D eigenvalue weighted by Crippen LogP contribution is -2.73. The van der Waals surface area contributed by atoms with Crippen LogP contribution in [0.2, 0.25) is 0 Å². The zero-order valence-electron chi connectivity index (χ0n) is 14.0. The molecule has 1 unspecified atom stereocenters. The van der Waals surface area contributed by atoms with Crippen molar-refractivity contribution in [3.63, 3.8) is 0 Å². The van der Waals surface area contributed by atoms with Gasteiger partial charge in [0.25, 0.3) is 0 Å². The summed E-state index contributed by atoms with van der Waals surface area (Å²) in [6, 6.07) is 7.96. The fourth-order valence-corrected chi connectivity index (χ4v) is 3.72. The van der Waals surface area contributed by atoms with E-state index in [0.29, 0.717) is 6.54 Å². The first kappa shape index (κ1) is 16.8. The van der Waals surface area contributed by atoms with Gasteiger partial charge in [-0.15, -0.1) is 0 Å². The summed E-state index contributed by atoms with van der Waals surface area (Å²) in [7, 11) is 0. The molecule has 1 aliphatic heterocycles. The number of hydrogen-bond donors (Lipinski definition) is 2. The van der Waals surface area contributed by atoms with Crippen LogP contribution in [0.4, 0.5) is 10.5 Å². The van der Waals surface area contributed by atoms with Crippen molar-refractivity contribution in [2.75, 3.05) is 25.4 Å². The topological polar surface area (TPSA) is 66.6 Å². The Morgan fingerprint density at radius 1 is 1.36 bits per heavy atom. The molecule has 0 spiro atoms. The first-order chi connectivity index (χ1) is 10.2. The van der Waals surface area contributed by atoms with Gasteiger partial charge in [0.1, 0.15) is 18.1 Å². The summed E-state index contributed by atoms with van der Waals surface area (Å²) >= 11 is 0. The monoisotopic (exact) mass is 306 g/mol. The van der Waals surface area contributed by atoms with E-state index in [-0.39, 0.29) is 16.1 Å². The molecule has 5 heteroatoms. The number of nitrogen functional groups attached to an aromatic ring is 1. The van der Waals surface area contributed by atoms with Crippen molar-refractivity contribution in [2.24, 2.45) is 0 Å². The average molecular weight is 306 g/mol. The van der Waals surface area contributed by atoms with Crippen molar-refractivity contribution in [3.05, 3.63) is 29.8 Å². The number of hydrogen-bond acceptors (Lipinski definition) is 3. The largest absolute Gasteiger partial charge is 0.514 e. The molecule has 0 radical (unpaired) electrons. The van der Waals surface area contributed by atoms with Gasteiger partial charge in [-0.25, -0.2) is 4.48 Å². The van der Waals surface area contributed by atoms with Crippen molar-refractivity contribution in [2.45, 2.75) is 45.8 Å². The van der Waals surface area contributed by atoms with Gasteiger partial charge < -0.3 is 10.8 Å². The lowest BCUT2D eigenvalue weighted by Gasteiger charge is -2.52. The predicted molar refractivity (Wildman–Crippen MR) is 88.5 cm³/mol. The van der Waals surface area contributed by atoms with Crippen molar-refractivity contribution in [3.8, 4) is 0 Å². The van der Waals surface area contributed by atoms with Crippen LogP contribution < -0.4 is 5.73 Å². The molecule has 1 fully saturated rings. The molecule has 122 valence electrons. The highest BCUT2D eigenvalue weighted by molar-refractivity contribution is 5.58. The molecule has 3 N–H and O–H groups in total. The molecular weight excluding hydrogens is 278 g/mol. The van der Waals surface area contributed by atoms with Gasteiger partial charge in [-0.3, -0.25) is 4.90 Å². The van der Waals surface area contributed by atoms with E-state index in [9.17, 15) is 9.90 Å². The van der Waals surface area contributed by atoms with Gasteiger partial charge in [-0.1, -0.05) is 12.1 Å². The maximum absolute atomic E-state index is 12.0. The molecule has 0 saturated carbocycles. The summed E-state index contributed by atoms with van der Waals surface area (Å²) in [6.45, 7) is 11.2. The summed E-state index contributed by atoms with van der Waals surface area (Å²) in [5.41, 5.74) is 7.39. The highest BCUT2D eigenvalue weighted by atomic mass is 16.4. The first-order valence-corrected chi connectivity index (χ1v) is 7.85. The highest BCUT2D eigenvalue weighted by Gasteiger charge is 2.54. The number of rotatable bonds is 2. The molecule has 2 atom stereocenters. The van der Waals surface area contributed by atoms with Crippen LogP contribution in [0.1, 0.15) is 33.3 Å². The standard InChI is InChI=1S/C17H27N3O2/c1-13-11-19(12-14-5-7-15(18)8-6-14)9-10-20(13,16(21)22)17(2,3)4/h5-8,13H,9-12,18H2,1-4H3/p+1/t13-,20?/m0/s1. The molecule has 0 aliphatic carbocycles. The van der Waals surface area contributed by atoms with E-state index in [1.165, 1.54) is 5.56 Å². The van der Waals surface area contributed by atoms with Gasteiger partial charge >= 0.3 is 6.09 Å². The number of carbonyl (C=O) groups is 1. The van der Waals surface area contributed by atoms with Gasteiger partial charge in [0.15, 0.2) is 0 Å². The van der Waals surface area contributed by atoms with Crippen LogP contribution in [0, 0.1) is 0 Å². The predicted octanol–water partition coefficient (Wildman–Crippen LogP) is 2.77. The third-order valence-corrected chi connectivity index (χ3v) is 4.97. The van der Waals surface area contributed by atoms with Crippen LogP contribution in [0.3, 0.4) is 0 Å². The van der Waals surface area contributed by atoms with Crippen molar-refractivity contribution in [1.82, 2.24) is 4.90 Å². The number of quaternary nitrogens is 1. The molecule has 5 nitrogen and oxygen atoms in total. The van der Waals surface area contributed by atoms with Gasteiger partial charge in [0.05, 0.1) is 6.54 Å². The Bertz CT molecular complexity index is 536. The number of nitrogens with two attached hydrogens (primary N) is 1. The third kappa shape index (κ3) is 2.96. The molecule has 1 amide bonds. The van der Waals surface area contributed by atoms with E-state index in [1.807, 2.05) is 45.0 Å². The Labute approximate surface area is 132 Å². The average Bonchev–Trinajstić information content (AvgIpc) is 2.40.